The second-order valence-corrected chi connectivity index (χ2v) is 3.98. The van der Waals surface area contributed by atoms with E-state index < -0.39 is 0 Å². The molecule has 2 heterocycles. The van der Waals surface area contributed by atoms with Gasteiger partial charge >= 0.3 is 0 Å². The van der Waals surface area contributed by atoms with Gasteiger partial charge in [0.2, 0.25) is 5.95 Å². The van der Waals surface area contributed by atoms with Crippen LogP contribution in [0.5, 0.6) is 0 Å². The number of hydrogen-bond donors (Lipinski definition) is 2. The highest BCUT2D eigenvalue weighted by atomic mass is 35.5. The van der Waals surface area contributed by atoms with Crippen molar-refractivity contribution in [3.05, 3.63) is 52.6 Å². The van der Waals surface area contributed by atoms with Crippen molar-refractivity contribution < 1.29 is 0 Å². The molecule has 1 aromatic carbocycles. The van der Waals surface area contributed by atoms with Crippen molar-refractivity contribution in [2.45, 2.75) is 6.54 Å². The predicted molar refractivity (Wildman–Crippen MR) is 75.4 cm³/mol. The van der Waals surface area contributed by atoms with Gasteiger partial charge in [0.1, 0.15) is 0 Å². The molecule has 0 fully saturated rings. The van der Waals surface area contributed by atoms with E-state index in [1.54, 1.807) is 10.9 Å². The molecule has 0 amide bonds. The Kier molecular flexibility index (Phi) is 3.52. The largest absolute Gasteiger partial charge is 0.369 e. The SMILES string of the molecule is Cl.Nc1nc2ncn(Cc3ccccc3)c2c(=O)[nH]1. The number of H-pyrrole nitrogens is 1. The molecule has 7 heteroatoms. The van der Waals surface area contributed by atoms with Crippen molar-refractivity contribution in [3.8, 4) is 0 Å². The Balaban J connectivity index is 0.00000133. The number of nitrogens with zero attached hydrogens (tertiary/aromatic N) is 3. The monoisotopic (exact) mass is 277 g/mol. The molecule has 0 spiro atoms. The molecule has 3 aromatic rings. The standard InChI is InChI=1S/C12H11N5O.ClH/c13-12-15-10-9(11(18)16-12)17(7-14-10)6-8-4-2-1-3-5-8;/h1-5,7H,6H2,(H3,13,15,16,18);1H. The molecule has 0 saturated carbocycles. The van der Waals surface area contributed by atoms with Crippen LogP contribution in [0.15, 0.2) is 41.5 Å². The average Bonchev–Trinajstić information content (AvgIpc) is 2.73. The topological polar surface area (TPSA) is 89.6 Å². The summed E-state index contributed by atoms with van der Waals surface area (Å²) in [6.45, 7) is 0.575. The molecule has 0 atom stereocenters. The van der Waals surface area contributed by atoms with Gasteiger partial charge in [-0.1, -0.05) is 30.3 Å². The lowest BCUT2D eigenvalue weighted by Crippen LogP contribution is -2.14. The quantitative estimate of drug-likeness (QED) is 0.736. The molecule has 2 aromatic heterocycles. The van der Waals surface area contributed by atoms with Crippen LogP contribution in [0.3, 0.4) is 0 Å². The van der Waals surface area contributed by atoms with Crippen LogP contribution >= 0.6 is 12.4 Å². The summed E-state index contributed by atoms with van der Waals surface area (Å²) in [7, 11) is 0. The summed E-state index contributed by atoms with van der Waals surface area (Å²) < 4.78 is 1.76. The fraction of sp³-hybridized carbons (Fsp3) is 0.0833. The summed E-state index contributed by atoms with van der Waals surface area (Å²) in [6, 6.07) is 9.84. The summed E-state index contributed by atoms with van der Waals surface area (Å²) in [6.07, 6.45) is 1.60. The minimum atomic E-state index is -0.272. The van der Waals surface area contributed by atoms with Crippen LogP contribution in [0.2, 0.25) is 0 Å². The Morgan fingerprint density at radius 1 is 1.26 bits per heavy atom. The summed E-state index contributed by atoms with van der Waals surface area (Å²) in [5, 5.41) is 0. The van der Waals surface area contributed by atoms with Gasteiger partial charge in [0, 0.05) is 6.54 Å². The highest BCUT2D eigenvalue weighted by molar-refractivity contribution is 5.85. The van der Waals surface area contributed by atoms with Crippen molar-refractivity contribution in [2.75, 3.05) is 5.73 Å². The van der Waals surface area contributed by atoms with Crippen molar-refractivity contribution >= 4 is 29.5 Å². The van der Waals surface area contributed by atoms with E-state index in [2.05, 4.69) is 15.0 Å². The van der Waals surface area contributed by atoms with E-state index in [9.17, 15) is 4.79 Å². The Morgan fingerprint density at radius 2 is 2.00 bits per heavy atom. The highest BCUT2D eigenvalue weighted by Crippen LogP contribution is 2.09. The van der Waals surface area contributed by atoms with Gasteiger partial charge in [0.25, 0.3) is 5.56 Å². The summed E-state index contributed by atoms with van der Waals surface area (Å²) in [4.78, 5) is 22.4. The average molecular weight is 278 g/mol. The molecule has 0 saturated heterocycles. The summed E-state index contributed by atoms with van der Waals surface area (Å²) in [5.74, 6) is 0.0810. The molecule has 19 heavy (non-hydrogen) atoms. The summed E-state index contributed by atoms with van der Waals surface area (Å²) in [5.41, 5.74) is 7.09. The number of nitrogens with one attached hydrogen (secondary N) is 1. The first-order chi connectivity index (χ1) is 8.74. The highest BCUT2D eigenvalue weighted by Gasteiger charge is 2.09. The predicted octanol–water partition coefficient (Wildman–Crippen LogP) is 1.17. The lowest BCUT2D eigenvalue weighted by Gasteiger charge is -2.03. The van der Waals surface area contributed by atoms with Crippen LogP contribution in [0, 0.1) is 0 Å². The van der Waals surface area contributed by atoms with Gasteiger partial charge in [-0.05, 0) is 5.56 Å². The molecule has 3 rings (SSSR count). The van der Waals surface area contributed by atoms with Crippen LogP contribution in [0.1, 0.15) is 5.56 Å². The van der Waals surface area contributed by atoms with Gasteiger partial charge in [0.05, 0.1) is 6.33 Å². The maximum absolute atomic E-state index is 11.8. The zero-order valence-electron chi connectivity index (χ0n) is 9.91. The number of benzene rings is 1. The third-order valence-corrected chi connectivity index (χ3v) is 2.70. The van der Waals surface area contributed by atoms with Crippen LogP contribution in [-0.2, 0) is 6.54 Å². The molecule has 6 nitrogen and oxygen atoms in total. The number of fused-ring (bicyclic) bond motifs is 1. The second-order valence-electron chi connectivity index (χ2n) is 3.98. The molecule has 0 radical (unpaired) electrons. The lowest BCUT2D eigenvalue weighted by atomic mass is 10.2. The number of anilines is 1. The molecular weight excluding hydrogens is 266 g/mol. The van der Waals surface area contributed by atoms with Gasteiger partial charge in [0.15, 0.2) is 11.2 Å². The molecular formula is C12H12ClN5O. The van der Waals surface area contributed by atoms with Crippen LogP contribution in [0.4, 0.5) is 5.95 Å². The Labute approximate surface area is 114 Å². The first kappa shape index (κ1) is 13.1. The van der Waals surface area contributed by atoms with Gasteiger partial charge in [-0.25, -0.2) is 4.98 Å². The summed E-state index contributed by atoms with van der Waals surface area (Å²) >= 11 is 0. The third kappa shape index (κ3) is 2.43. The minimum Gasteiger partial charge on any atom is -0.369 e. The molecule has 0 aliphatic rings. The second kappa shape index (κ2) is 5.11. The van der Waals surface area contributed by atoms with E-state index in [-0.39, 0.29) is 23.9 Å². The van der Waals surface area contributed by atoms with Gasteiger partial charge in [-0.2, -0.15) is 4.98 Å². The zero-order chi connectivity index (χ0) is 12.5. The molecule has 3 N–H and O–H groups in total. The van der Waals surface area contributed by atoms with E-state index in [0.29, 0.717) is 17.7 Å². The fourth-order valence-electron chi connectivity index (χ4n) is 1.90. The normalized spacial score (nSPS) is 10.3. The third-order valence-electron chi connectivity index (χ3n) is 2.70. The smallest absolute Gasteiger partial charge is 0.278 e. The van der Waals surface area contributed by atoms with Crippen molar-refractivity contribution in [2.24, 2.45) is 0 Å². The molecule has 0 aliphatic heterocycles. The van der Waals surface area contributed by atoms with Gasteiger partial charge in [-0.15, -0.1) is 12.4 Å². The van der Waals surface area contributed by atoms with Crippen molar-refractivity contribution in [1.82, 2.24) is 19.5 Å². The number of aromatic amines is 1. The number of imidazole rings is 1. The molecule has 0 unspecified atom stereocenters. The van der Waals surface area contributed by atoms with E-state index in [0.717, 1.165) is 5.56 Å². The van der Waals surface area contributed by atoms with Crippen LogP contribution in [0.25, 0.3) is 11.2 Å². The number of nitrogen functional groups attached to an aromatic ring is 1. The zero-order valence-corrected chi connectivity index (χ0v) is 10.7. The van der Waals surface area contributed by atoms with Crippen molar-refractivity contribution in [3.63, 3.8) is 0 Å². The van der Waals surface area contributed by atoms with E-state index in [4.69, 9.17) is 5.73 Å². The van der Waals surface area contributed by atoms with Crippen LogP contribution in [-0.4, -0.2) is 19.5 Å². The van der Waals surface area contributed by atoms with E-state index in [1.807, 2.05) is 30.3 Å². The lowest BCUT2D eigenvalue weighted by molar-refractivity contribution is 0.820. The molecule has 0 aliphatic carbocycles. The molecule has 0 bridgehead atoms. The number of aromatic nitrogens is 4. The number of nitrogens with two attached hydrogens (primary N) is 1. The van der Waals surface area contributed by atoms with Gasteiger partial charge in [-0.3, -0.25) is 9.78 Å². The van der Waals surface area contributed by atoms with Crippen LogP contribution < -0.4 is 11.3 Å². The molecule has 98 valence electrons. The van der Waals surface area contributed by atoms with E-state index in [1.165, 1.54) is 0 Å². The first-order valence-corrected chi connectivity index (χ1v) is 5.48. The van der Waals surface area contributed by atoms with Gasteiger partial charge < -0.3 is 10.3 Å². The van der Waals surface area contributed by atoms with E-state index >= 15 is 0 Å². The number of halogens is 1. The maximum Gasteiger partial charge on any atom is 0.278 e. The minimum absolute atomic E-state index is 0. The van der Waals surface area contributed by atoms with Crippen molar-refractivity contribution in [1.29, 1.82) is 0 Å². The Hall–Kier alpha value is -2.34. The maximum atomic E-state index is 11.8. The fourth-order valence-corrected chi connectivity index (χ4v) is 1.90. The number of hydrogen-bond acceptors (Lipinski definition) is 4. The first-order valence-electron chi connectivity index (χ1n) is 5.48. The Morgan fingerprint density at radius 3 is 2.74 bits per heavy atom. The Bertz CT molecular complexity index is 750. The number of rotatable bonds is 2.